The number of unbranched alkanes of at least 4 members (excludes halogenated alkanes) is 1. The SMILES string of the molecule is O=C(O)C(c1ccccc1C1CCNCC1)N1CC[C@@H](OCCCCc2ccc3c(n2)NCCC3)C1. The number of piperidine rings is 1. The van der Waals surface area contributed by atoms with Crippen LogP contribution in [0.25, 0.3) is 0 Å². The Hall–Kier alpha value is -2.48. The van der Waals surface area contributed by atoms with Crippen LogP contribution in [0.5, 0.6) is 0 Å². The lowest BCUT2D eigenvalue weighted by Gasteiger charge is -2.30. The molecule has 7 heteroatoms. The van der Waals surface area contributed by atoms with E-state index in [0.29, 0.717) is 19.1 Å². The first kappa shape index (κ1) is 25.2. The molecule has 2 atom stereocenters. The second-order valence-corrected chi connectivity index (χ2v) is 10.5. The van der Waals surface area contributed by atoms with Gasteiger partial charge in [-0.25, -0.2) is 4.98 Å². The molecule has 3 aliphatic heterocycles. The number of carboxylic acids is 1. The van der Waals surface area contributed by atoms with Gasteiger partial charge >= 0.3 is 5.97 Å². The molecule has 4 heterocycles. The number of hydrogen-bond donors (Lipinski definition) is 3. The van der Waals surface area contributed by atoms with E-state index >= 15 is 0 Å². The van der Waals surface area contributed by atoms with Crippen LogP contribution in [-0.4, -0.2) is 66.4 Å². The van der Waals surface area contributed by atoms with Gasteiger partial charge in [-0.15, -0.1) is 0 Å². The number of nitrogens with one attached hydrogen (secondary N) is 2. The van der Waals surface area contributed by atoms with Gasteiger partial charge in [-0.1, -0.05) is 30.3 Å². The fraction of sp³-hybridized carbons (Fsp3) is 0.586. The predicted molar refractivity (Wildman–Crippen MR) is 142 cm³/mol. The first-order valence-corrected chi connectivity index (χ1v) is 13.8. The lowest BCUT2D eigenvalue weighted by molar-refractivity contribution is -0.143. The highest BCUT2D eigenvalue weighted by atomic mass is 16.5. The van der Waals surface area contributed by atoms with Crippen LogP contribution >= 0.6 is 0 Å². The second kappa shape index (κ2) is 12.2. The van der Waals surface area contributed by atoms with Crippen LogP contribution in [-0.2, 0) is 22.4 Å². The zero-order chi connectivity index (χ0) is 24.7. The molecule has 3 N–H and O–H groups in total. The number of pyridine rings is 1. The number of hydrogen-bond acceptors (Lipinski definition) is 6. The molecule has 1 unspecified atom stereocenters. The van der Waals surface area contributed by atoms with Crippen molar-refractivity contribution < 1.29 is 14.6 Å². The van der Waals surface area contributed by atoms with Crippen molar-refractivity contribution >= 4 is 11.8 Å². The van der Waals surface area contributed by atoms with Crippen LogP contribution in [0.1, 0.15) is 72.9 Å². The van der Waals surface area contributed by atoms with Gasteiger partial charge in [-0.05, 0) is 93.1 Å². The van der Waals surface area contributed by atoms with Crippen LogP contribution in [0.2, 0.25) is 0 Å². The molecule has 0 bridgehead atoms. The fourth-order valence-electron chi connectivity index (χ4n) is 6.04. The number of benzene rings is 1. The van der Waals surface area contributed by atoms with Crippen molar-refractivity contribution in [3.8, 4) is 0 Å². The van der Waals surface area contributed by atoms with E-state index in [1.165, 1.54) is 17.5 Å². The molecule has 2 fully saturated rings. The average Bonchev–Trinajstić information content (AvgIpc) is 3.37. The number of rotatable bonds is 10. The summed E-state index contributed by atoms with van der Waals surface area (Å²) in [5, 5.41) is 17.0. The lowest BCUT2D eigenvalue weighted by atomic mass is 9.84. The maximum atomic E-state index is 12.4. The number of likely N-dealkylation sites (tertiary alicyclic amines) is 1. The Morgan fingerprint density at radius 1 is 1.11 bits per heavy atom. The lowest BCUT2D eigenvalue weighted by Crippen LogP contribution is -2.35. The van der Waals surface area contributed by atoms with Crippen molar-refractivity contribution in [2.45, 2.75) is 69.4 Å². The third-order valence-electron chi connectivity index (χ3n) is 7.98. The highest BCUT2D eigenvalue weighted by Crippen LogP contribution is 2.35. The van der Waals surface area contributed by atoms with E-state index in [9.17, 15) is 9.90 Å². The van der Waals surface area contributed by atoms with Crippen LogP contribution < -0.4 is 10.6 Å². The second-order valence-electron chi connectivity index (χ2n) is 10.5. The minimum absolute atomic E-state index is 0.101. The molecule has 1 aromatic carbocycles. The average molecular weight is 493 g/mol. The third kappa shape index (κ3) is 6.07. The number of aryl methyl sites for hydroxylation is 2. The molecular weight excluding hydrogens is 452 g/mol. The number of carboxylic acid groups (broad SMARTS) is 1. The summed E-state index contributed by atoms with van der Waals surface area (Å²) in [7, 11) is 0. The molecule has 0 spiro atoms. The third-order valence-corrected chi connectivity index (χ3v) is 7.98. The summed E-state index contributed by atoms with van der Waals surface area (Å²) in [6.07, 6.45) is 8.41. The zero-order valence-corrected chi connectivity index (χ0v) is 21.3. The normalized spacial score (nSPS) is 21.6. The van der Waals surface area contributed by atoms with E-state index in [1.807, 2.05) is 18.2 Å². The number of aromatic nitrogens is 1. The van der Waals surface area contributed by atoms with Crippen molar-refractivity contribution in [3.05, 3.63) is 58.8 Å². The Labute approximate surface area is 214 Å². The van der Waals surface area contributed by atoms with Gasteiger partial charge in [0.25, 0.3) is 0 Å². The summed E-state index contributed by atoms with van der Waals surface area (Å²) in [6, 6.07) is 12.0. The molecule has 0 saturated carbocycles. The number of anilines is 1. The van der Waals surface area contributed by atoms with Gasteiger partial charge in [0.15, 0.2) is 0 Å². The van der Waals surface area contributed by atoms with Gasteiger partial charge in [0.1, 0.15) is 11.9 Å². The van der Waals surface area contributed by atoms with Crippen molar-refractivity contribution in [1.82, 2.24) is 15.2 Å². The Bertz CT molecular complexity index is 1020. The van der Waals surface area contributed by atoms with Crippen LogP contribution in [0, 0.1) is 0 Å². The maximum absolute atomic E-state index is 12.4. The Kier molecular flexibility index (Phi) is 8.51. The van der Waals surface area contributed by atoms with E-state index < -0.39 is 12.0 Å². The van der Waals surface area contributed by atoms with E-state index in [-0.39, 0.29) is 6.10 Å². The van der Waals surface area contributed by atoms with E-state index in [2.05, 4.69) is 33.7 Å². The van der Waals surface area contributed by atoms with E-state index in [4.69, 9.17) is 9.72 Å². The summed E-state index contributed by atoms with van der Waals surface area (Å²) in [5.41, 5.74) is 4.65. The van der Waals surface area contributed by atoms with E-state index in [1.54, 1.807) is 0 Å². The van der Waals surface area contributed by atoms with Crippen molar-refractivity contribution in [1.29, 1.82) is 0 Å². The summed E-state index contributed by atoms with van der Waals surface area (Å²) in [4.78, 5) is 19.3. The molecule has 36 heavy (non-hydrogen) atoms. The molecule has 3 aliphatic rings. The number of ether oxygens (including phenoxy) is 1. The van der Waals surface area contributed by atoms with Gasteiger partial charge in [0, 0.05) is 31.9 Å². The van der Waals surface area contributed by atoms with Gasteiger partial charge in [0.2, 0.25) is 0 Å². The quantitative estimate of drug-likeness (QED) is 0.430. The van der Waals surface area contributed by atoms with Crippen LogP contribution in [0.3, 0.4) is 0 Å². The smallest absolute Gasteiger partial charge is 0.325 e. The monoisotopic (exact) mass is 492 g/mol. The molecular formula is C29H40N4O3. The highest BCUT2D eigenvalue weighted by molar-refractivity contribution is 5.76. The van der Waals surface area contributed by atoms with Crippen LogP contribution in [0.15, 0.2) is 36.4 Å². The van der Waals surface area contributed by atoms with Crippen molar-refractivity contribution in [3.63, 3.8) is 0 Å². The summed E-state index contributed by atoms with van der Waals surface area (Å²) < 4.78 is 6.20. The van der Waals surface area contributed by atoms with Crippen molar-refractivity contribution in [2.75, 3.05) is 44.6 Å². The minimum Gasteiger partial charge on any atom is -0.480 e. The van der Waals surface area contributed by atoms with E-state index in [0.717, 1.165) is 88.2 Å². The van der Waals surface area contributed by atoms with Gasteiger partial charge in [-0.3, -0.25) is 9.69 Å². The Morgan fingerprint density at radius 2 is 1.97 bits per heavy atom. The van der Waals surface area contributed by atoms with Crippen LogP contribution in [0.4, 0.5) is 5.82 Å². The molecule has 194 valence electrons. The molecule has 2 aromatic rings. The Morgan fingerprint density at radius 3 is 2.83 bits per heavy atom. The predicted octanol–water partition coefficient (Wildman–Crippen LogP) is 4.15. The molecule has 0 amide bonds. The number of carbonyl (C=O) groups is 1. The molecule has 5 rings (SSSR count). The first-order valence-electron chi connectivity index (χ1n) is 13.8. The largest absolute Gasteiger partial charge is 0.480 e. The summed E-state index contributed by atoms with van der Waals surface area (Å²) in [5.74, 6) is 0.735. The number of aliphatic carboxylic acids is 1. The molecule has 1 aromatic heterocycles. The molecule has 0 radical (unpaired) electrons. The first-order chi connectivity index (χ1) is 17.7. The molecule has 7 nitrogen and oxygen atoms in total. The van der Waals surface area contributed by atoms with Gasteiger partial charge in [-0.2, -0.15) is 0 Å². The zero-order valence-electron chi connectivity index (χ0n) is 21.3. The standard InChI is InChI=1S/C29H40N4O3/c34-29(35)27(26-9-2-1-8-25(26)21-12-16-30-17-13-21)33-18-14-24(20-33)36-19-4-3-7-23-11-10-22-6-5-15-31-28(22)32-23/h1-2,8-11,21,24,27,30H,3-7,12-20H2,(H,31,32)(H,34,35)/t24-,27?/m1/s1. The number of nitrogens with zero attached hydrogens (tertiary/aromatic N) is 2. The highest BCUT2D eigenvalue weighted by Gasteiger charge is 2.36. The molecule has 2 saturated heterocycles. The topological polar surface area (TPSA) is 86.7 Å². The maximum Gasteiger partial charge on any atom is 0.325 e. The Balaban J connectivity index is 1.11. The molecule has 0 aliphatic carbocycles. The van der Waals surface area contributed by atoms with Crippen molar-refractivity contribution in [2.24, 2.45) is 0 Å². The summed E-state index contributed by atoms with van der Waals surface area (Å²) in [6.45, 7) is 5.16. The van der Waals surface area contributed by atoms with Gasteiger partial charge in [0.05, 0.1) is 6.10 Å². The van der Waals surface area contributed by atoms with Gasteiger partial charge < -0.3 is 20.5 Å². The fourth-order valence-corrected chi connectivity index (χ4v) is 6.04. The number of fused-ring (bicyclic) bond motifs is 1. The minimum atomic E-state index is -0.760. The summed E-state index contributed by atoms with van der Waals surface area (Å²) >= 11 is 0.